The van der Waals surface area contributed by atoms with E-state index in [2.05, 4.69) is 18.0 Å². The lowest BCUT2D eigenvalue weighted by atomic mass is 10.0. The van der Waals surface area contributed by atoms with Gasteiger partial charge in [-0.2, -0.15) is 0 Å². The van der Waals surface area contributed by atoms with Crippen LogP contribution in [0, 0.1) is 5.92 Å². The van der Waals surface area contributed by atoms with Crippen molar-refractivity contribution >= 4 is 22.8 Å². The van der Waals surface area contributed by atoms with Gasteiger partial charge in [-0.1, -0.05) is 32.0 Å². The topological polar surface area (TPSA) is 73.4 Å². The summed E-state index contributed by atoms with van der Waals surface area (Å²) in [5.41, 5.74) is 3.27. The highest BCUT2D eigenvalue weighted by molar-refractivity contribution is 5.90. The molecule has 0 saturated carbocycles. The van der Waals surface area contributed by atoms with Gasteiger partial charge in [-0.05, 0) is 24.5 Å². The van der Waals surface area contributed by atoms with Crippen LogP contribution in [0.2, 0.25) is 0 Å². The van der Waals surface area contributed by atoms with Crippen LogP contribution in [0.15, 0.2) is 24.4 Å². The van der Waals surface area contributed by atoms with Crippen LogP contribution in [0.5, 0.6) is 0 Å². The minimum Gasteiger partial charge on any atom is -0.481 e. The van der Waals surface area contributed by atoms with Crippen molar-refractivity contribution < 1.29 is 14.7 Å². The smallest absolute Gasteiger partial charge is 0.308 e. The Bertz CT molecular complexity index is 705. The first-order valence-electron chi connectivity index (χ1n) is 8.06. The second-order valence-corrected chi connectivity index (χ2v) is 5.86. The predicted molar refractivity (Wildman–Crippen MR) is 90.4 cm³/mol. The number of carboxylic acids is 1. The number of hydrogen-bond donors (Lipinski definition) is 2. The summed E-state index contributed by atoms with van der Waals surface area (Å²) in [6, 6.07) is 6.11. The van der Waals surface area contributed by atoms with Gasteiger partial charge in [-0.15, -0.1) is 0 Å². The second-order valence-electron chi connectivity index (χ2n) is 5.86. The molecule has 0 aliphatic rings. The van der Waals surface area contributed by atoms with Crippen LogP contribution >= 0.6 is 0 Å². The number of hydrogen-bond acceptors (Lipinski definition) is 2. The van der Waals surface area contributed by atoms with Crippen LogP contribution in [0.3, 0.4) is 0 Å². The third-order valence-electron chi connectivity index (χ3n) is 4.26. The quantitative estimate of drug-likeness (QED) is 0.825. The Morgan fingerprint density at radius 3 is 2.61 bits per heavy atom. The van der Waals surface area contributed by atoms with Crippen LogP contribution in [-0.2, 0) is 22.4 Å². The maximum absolute atomic E-state index is 12.5. The molecule has 2 N–H and O–H groups in total. The highest BCUT2D eigenvalue weighted by Gasteiger charge is 2.20. The number of rotatable bonds is 7. The Morgan fingerprint density at radius 1 is 1.26 bits per heavy atom. The Morgan fingerprint density at radius 2 is 2.00 bits per heavy atom. The third kappa shape index (κ3) is 3.73. The molecule has 0 unspecified atom stereocenters. The van der Waals surface area contributed by atoms with Crippen LogP contribution in [-0.4, -0.2) is 40.0 Å². The third-order valence-corrected chi connectivity index (χ3v) is 4.26. The maximum Gasteiger partial charge on any atom is 0.308 e. The van der Waals surface area contributed by atoms with Crippen molar-refractivity contribution in [3.63, 3.8) is 0 Å². The van der Waals surface area contributed by atoms with Crippen molar-refractivity contribution in [3.8, 4) is 0 Å². The number of carbonyl (C=O) groups is 2. The first kappa shape index (κ1) is 17.1. The van der Waals surface area contributed by atoms with Gasteiger partial charge < -0.3 is 15.0 Å². The van der Waals surface area contributed by atoms with E-state index in [1.807, 2.05) is 25.3 Å². The molecule has 124 valence electrons. The molecule has 0 aliphatic carbocycles. The predicted octanol–water partition coefficient (Wildman–Crippen LogP) is 2.84. The van der Waals surface area contributed by atoms with E-state index in [1.54, 1.807) is 11.8 Å². The number of aromatic amines is 1. The van der Waals surface area contributed by atoms with Gasteiger partial charge in [0.05, 0.1) is 12.3 Å². The molecule has 2 aromatic rings. The number of benzene rings is 1. The molecule has 1 heterocycles. The van der Waals surface area contributed by atoms with E-state index in [4.69, 9.17) is 5.11 Å². The number of aryl methyl sites for hydroxylation is 1. The molecule has 2 rings (SSSR count). The number of aromatic nitrogens is 1. The highest BCUT2D eigenvalue weighted by atomic mass is 16.4. The number of aliphatic carboxylic acids is 1. The normalized spacial score (nSPS) is 12.3. The van der Waals surface area contributed by atoms with Crippen molar-refractivity contribution in [2.75, 3.05) is 13.1 Å². The molecule has 0 radical (unpaired) electrons. The number of nitrogens with one attached hydrogen (secondary N) is 1. The summed E-state index contributed by atoms with van der Waals surface area (Å²) in [6.07, 6.45) is 3.10. The standard InChI is InChI=1S/C18H24N2O3/c1-4-13-7-6-8-15-14(10-19-17(13)15)9-16(21)20(5-2)11-12(3)18(22)23/h6-8,10,12,19H,4-5,9,11H2,1-3H3,(H,22,23)/t12-/m0/s1. The molecule has 1 aromatic carbocycles. The number of likely N-dealkylation sites (N-methyl/N-ethyl adjacent to an activating group) is 1. The Kier molecular flexibility index (Phi) is 5.42. The van der Waals surface area contributed by atoms with E-state index < -0.39 is 11.9 Å². The van der Waals surface area contributed by atoms with Crippen LogP contribution in [0.4, 0.5) is 0 Å². The first-order chi connectivity index (χ1) is 11.0. The van der Waals surface area contributed by atoms with Gasteiger partial charge >= 0.3 is 5.97 Å². The highest BCUT2D eigenvalue weighted by Crippen LogP contribution is 2.23. The summed E-state index contributed by atoms with van der Waals surface area (Å²) >= 11 is 0. The van der Waals surface area contributed by atoms with Gasteiger partial charge in [0.2, 0.25) is 5.91 Å². The maximum atomic E-state index is 12.5. The first-order valence-corrected chi connectivity index (χ1v) is 8.06. The zero-order valence-corrected chi connectivity index (χ0v) is 13.9. The van der Waals surface area contributed by atoms with Gasteiger partial charge in [0, 0.05) is 30.2 Å². The lowest BCUT2D eigenvalue weighted by Crippen LogP contribution is -2.37. The fraction of sp³-hybridized carbons (Fsp3) is 0.444. The number of carbonyl (C=O) groups excluding carboxylic acids is 1. The van der Waals surface area contributed by atoms with Gasteiger partial charge in [0.15, 0.2) is 0 Å². The lowest BCUT2D eigenvalue weighted by Gasteiger charge is -2.22. The molecule has 1 aromatic heterocycles. The molecular formula is C18H24N2O3. The van der Waals surface area contributed by atoms with Crippen molar-refractivity contribution in [2.24, 2.45) is 5.92 Å². The Hall–Kier alpha value is -2.30. The molecule has 23 heavy (non-hydrogen) atoms. The monoisotopic (exact) mass is 316 g/mol. The lowest BCUT2D eigenvalue weighted by molar-refractivity contribution is -0.142. The molecule has 0 spiro atoms. The van der Waals surface area contributed by atoms with Crippen LogP contribution in [0.25, 0.3) is 10.9 Å². The summed E-state index contributed by atoms with van der Waals surface area (Å²) in [5.74, 6) is -1.48. The van der Waals surface area contributed by atoms with Crippen molar-refractivity contribution in [1.29, 1.82) is 0 Å². The van der Waals surface area contributed by atoms with Crippen molar-refractivity contribution in [1.82, 2.24) is 9.88 Å². The fourth-order valence-corrected chi connectivity index (χ4v) is 2.81. The summed E-state index contributed by atoms with van der Waals surface area (Å²) in [4.78, 5) is 28.4. The van der Waals surface area contributed by atoms with E-state index >= 15 is 0 Å². The van der Waals surface area contributed by atoms with Gasteiger partial charge in [-0.3, -0.25) is 9.59 Å². The zero-order chi connectivity index (χ0) is 17.0. The molecular weight excluding hydrogens is 292 g/mol. The molecule has 5 nitrogen and oxygen atoms in total. The van der Waals surface area contributed by atoms with E-state index in [9.17, 15) is 9.59 Å². The van der Waals surface area contributed by atoms with E-state index in [0.717, 1.165) is 22.9 Å². The number of nitrogens with zero attached hydrogens (tertiary/aromatic N) is 1. The molecule has 1 amide bonds. The SMILES string of the molecule is CCc1cccc2c(CC(=O)N(CC)C[C@H](C)C(=O)O)c[nH]c12. The summed E-state index contributed by atoms with van der Waals surface area (Å²) in [7, 11) is 0. The number of amides is 1. The molecule has 0 aliphatic heterocycles. The van der Waals surface area contributed by atoms with Gasteiger partial charge in [0.25, 0.3) is 0 Å². The van der Waals surface area contributed by atoms with Crippen molar-refractivity contribution in [3.05, 3.63) is 35.5 Å². The van der Waals surface area contributed by atoms with E-state index in [-0.39, 0.29) is 18.9 Å². The molecule has 0 saturated heterocycles. The van der Waals surface area contributed by atoms with Crippen LogP contribution < -0.4 is 0 Å². The zero-order valence-electron chi connectivity index (χ0n) is 13.9. The number of para-hydroxylation sites is 1. The minimum atomic E-state index is -0.879. The van der Waals surface area contributed by atoms with Crippen molar-refractivity contribution in [2.45, 2.75) is 33.6 Å². The molecule has 0 fully saturated rings. The Labute approximate surface area is 136 Å². The fourth-order valence-electron chi connectivity index (χ4n) is 2.81. The number of fused-ring (bicyclic) bond motifs is 1. The second kappa shape index (κ2) is 7.31. The summed E-state index contributed by atoms with van der Waals surface area (Å²) < 4.78 is 0. The molecule has 1 atom stereocenters. The number of carboxylic acid groups (broad SMARTS) is 1. The summed E-state index contributed by atoms with van der Waals surface area (Å²) in [5, 5.41) is 10.1. The Balaban J connectivity index is 2.17. The van der Waals surface area contributed by atoms with E-state index in [1.165, 1.54) is 5.56 Å². The largest absolute Gasteiger partial charge is 0.481 e. The van der Waals surface area contributed by atoms with Gasteiger partial charge in [-0.25, -0.2) is 0 Å². The average molecular weight is 316 g/mol. The molecule has 0 bridgehead atoms. The average Bonchev–Trinajstić information content (AvgIpc) is 2.95. The number of H-pyrrole nitrogens is 1. The minimum absolute atomic E-state index is 0.0385. The van der Waals surface area contributed by atoms with Crippen LogP contribution in [0.1, 0.15) is 31.9 Å². The molecule has 5 heteroatoms. The summed E-state index contributed by atoms with van der Waals surface area (Å²) in [6.45, 7) is 6.35. The van der Waals surface area contributed by atoms with E-state index in [0.29, 0.717) is 6.54 Å². The van der Waals surface area contributed by atoms with Gasteiger partial charge in [0.1, 0.15) is 0 Å².